The number of benzene rings is 2. The second-order valence-corrected chi connectivity index (χ2v) is 9.66. The van der Waals surface area contributed by atoms with E-state index < -0.39 is 0 Å². The van der Waals surface area contributed by atoms with Gasteiger partial charge in [0.15, 0.2) is 0 Å². The van der Waals surface area contributed by atoms with E-state index >= 15 is 0 Å². The van der Waals surface area contributed by atoms with Gasteiger partial charge in [-0.05, 0) is 91.2 Å². The first-order valence-corrected chi connectivity index (χ1v) is 13.7. The lowest BCUT2D eigenvalue weighted by atomic mass is 9.80. The second-order valence-electron chi connectivity index (χ2n) is 9.66. The predicted octanol–water partition coefficient (Wildman–Crippen LogP) is 9.01. The van der Waals surface area contributed by atoms with Crippen LogP contribution < -0.4 is 0 Å². The van der Waals surface area contributed by atoms with Crippen molar-refractivity contribution < 1.29 is 10.2 Å². The topological polar surface area (TPSA) is 40.5 Å². The van der Waals surface area contributed by atoms with Crippen LogP contribution >= 0.6 is 0 Å². The van der Waals surface area contributed by atoms with Crippen molar-refractivity contribution in [1.29, 1.82) is 0 Å². The highest BCUT2D eigenvalue weighted by Crippen LogP contribution is 2.41. The summed E-state index contributed by atoms with van der Waals surface area (Å²) >= 11 is 0. The third-order valence-corrected chi connectivity index (χ3v) is 7.12. The zero-order valence-electron chi connectivity index (χ0n) is 22.0. The van der Waals surface area contributed by atoms with Gasteiger partial charge in [0.25, 0.3) is 0 Å². The van der Waals surface area contributed by atoms with E-state index in [4.69, 9.17) is 0 Å². The van der Waals surface area contributed by atoms with Gasteiger partial charge in [-0.25, -0.2) is 0 Å². The smallest absolute Gasteiger partial charge is 0.122 e. The molecule has 2 nitrogen and oxygen atoms in total. The Balaban J connectivity index is 2.60. The van der Waals surface area contributed by atoms with Crippen molar-refractivity contribution in [2.75, 3.05) is 0 Å². The van der Waals surface area contributed by atoms with Crippen LogP contribution in [0.3, 0.4) is 0 Å². The van der Waals surface area contributed by atoms with Gasteiger partial charge in [0.2, 0.25) is 0 Å². The summed E-state index contributed by atoms with van der Waals surface area (Å²) in [7, 11) is 0. The number of unbranched alkanes of at least 4 members (excludes halogenated alkanes) is 4. The predicted molar refractivity (Wildman–Crippen MR) is 143 cm³/mol. The summed E-state index contributed by atoms with van der Waals surface area (Å²) < 4.78 is 0. The number of hydrogen-bond acceptors (Lipinski definition) is 2. The van der Waals surface area contributed by atoms with Crippen LogP contribution in [0, 0.1) is 0 Å². The van der Waals surface area contributed by atoms with Crippen LogP contribution in [-0.4, -0.2) is 10.2 Å². The molecule has 2 aromatic rings. The van der Waals surface area contributed by atoms with Crippen molar-refractivity contribution in [2.24, 2.45) is 0 Å². The maximum Gasteiger partial charge on any atom is 0.122 e. The fourth-order valence-electron chi connectivity index (χ4n) is 5.03. The number of phenolic OH excluding ortho intramolecular Hbond substituents is 2. The third kappa shape index (κ3) is 7.01. The number of aromatic hydroxyl groups is 2. The van der Waals surface area contributed by atoms with E-state index in [0.29, 0.717) is 11.5 Å². The van der Waals surface area contributed by atoms with Crippen molar-refractivity contribution in [2.45, 2.75) is 124 Å². The fourth-order valence-corrected chi connectivity index (χ4v) is 5.03. The Hall–Kier alpha value is -1.96. The van der Waals surface area contributed by atoms with Gasteiger partial charge >= 0.3 is 0 Å². The van der Waals surface area contributed by atoms with E-state index in [1.807, 2.05) is 0 Å². The molecular formula is C31H48O2. The van der Waals surface area contributed by atoms with Gasteiger partial charge in [-0.15, -0.1) is 0 Å². The van der Waals surface area contributed by atoms with E-state index in [0.717, 1.165) is 106 Å². The summed E-state index contributed by atoms with van der Waals surface area (Å²) in [5.74, 6) is 1.24. The summed E-state index contributed by atoms with van der Waals surface area (Å²) in [6, 6.07) is 8.85. The van der Waals surface area contributed by atoms with Crippen LogP contribution in [0.2, 0.25) is 0 Å². The molecule has 0 unspecified atom stereocenters. The molecule has 2 N–H and O–H groups in total. The van der Waals surface area contributed by atoms with Crippen LogP contribution in [0.4, 0.5) is 0 Å². The van der Waals surface area contributed by atoms with Crippen LogP contribution in [0.5, 0.6) is 11.5 Å². The Morgan fingerprint density at radius 1 is 0.545 bits per heavy atom. The molecule has 0 amide bonds. The third-order valence-electron chi connectivity index (χ3n) is 7.12. The SMILES string of the molecule is CCCCc1ccc(C(CC)c2ccc(CCCC)c(O)c2CCCC)c(CCCC)c1O. The van der Waals surface area contributed by atoms with E-state index in [-0.39, 0.29) is 5.92 Å². The van der Waals surface area contributed by atoms with Crippen LogP contribution in [0.1, 0.15) is 132 Å². The monoisotopic (exact) mass is 452 g/mol. The number of phenols is 2. The van der Waals surface area contributed by atoms with Crippen LogP contribution in [-0.2, 0) is 25.7 Å². The maximum atomic E-state index is 11.3. The summed E-state index contributed by atoms with van der Waals surface area (Å²) in [6.07, 6.45) is 13.5. The average Bonchev–Trinajstić information content (AvgIpc) is 2.82. The van der Waals surface area contributed by atoms with Gasteiger partial charge in [-0.1, -0.05) is 84.6 Å². The minimum absolute atomic E-state index is 0.195. The van der Waals surface area contributed by atoms with E-state index in [1.54, 1.807) is 0 Å². The molecule has 184 valence electrons. The molecule has 0 saturated heterocycles. The molecule has 0 heterocycles. The first-order chi connectivity index (χ1) is 16.0. The molecule has 0 bridgehead atoms. The summed E-state index contributed by atoms with van der Waals surface area (Å²) in [4.78, 5) is 0. The quantitative estimate of drug-likeness (QED) is 0.283. The van der Waals surface area contributed by atoms with Gasteiger partial charge in [0.05, 0.1) is 0 Å². The molecular weight excluding hydrogens is 404 g/mol. The molecule has 0 aliphatic carbocycles. The molecule has 0 aromatic heterocycles. The lowest BCUT2D eigenvalue weighted by molar-refractivity contribution is 0.454. The molecule has 0 saturated carbocycles. The molecule has 0 spiro atoms. The van der Waals surface area contributed by atoms with E-state index in [2.05, 4.69) is 58.9 Å². The zero-order chi connectivity index (χ0) is 24.2. The minimum atomic E-state index is 0.195. The summed E-state index contributed by atoms with van der Waals surface area (Å²) in [5, 5.41) is 22.5. The van der Waals surface area contributed by atoms with Crippen molar-refractivity contribution in [3.8, 4) is 11.5 Å². The van der Waals surface area contributed by atoms with Gasteiger partial charge in [0, 0.05) is 5.92 Å². The standard InChI is InChI=1S/C31H48O2/c1-6-11-15-23-19-21-26(28(30(23)32)17-13-8-3)25(10-5)27-22-20-24(16-12-7-2)31(33)29(27)18-14-9-4/h19-22,25,32-33H,6-18H2,1-5H3. The molecule has 2 aromatic carbocycles. The van der Waals surface area contributed by atoms with Crippen LogP contribution in [0.15, 0.2) is 24.3 Å². The minimum Gasteiger partial charge on any atom is -0.507 e. The molecule has 0 atom stereocenters. The summed E-state index contributed by atoms with van der Waals surface area (Å²) in [6.45, 7) is 11.1. The normalized spacial score (nSPS) is 11.5. The maximum absolute atomic E-state index is 11.3. The van der Waals surface area contributed by atoms with Gasteiger partial charge in [-0.3, -0.25) is 0 Å². The Kier molecular flexibility index (Phi) is 11.9. The molecule has 0 aliphatic rings. The molecule has 2 rings (SSSR count). The largest absolute Gasteiger partial charge is 0.507 e. The van der Waals surface area contributed by atoms with E-state index in [1.165, 1.54) is 11.1 Å². The average molecular weight is 453 g/mol. The lowest BCUT2D eigenvalue weighted by Crippen LogP contribution is -2.10. The van der Waals surface area contributed by atoms with E-state index in [9.17, 15) is 10.2 Å². The van der Waals surface area contributed by atoms with Crippen molar-refractivity contribution >= 4 is 0 Å². The Morgan fingerprint density at radius 2 is 0.909 bits per heavy atom. The highest BCUT2D eigenvalue weighted by molar-refractivity contribution is 5.54. The molecule has 0 fully saturated rings. The molecule has 33 heavy (non-hydrogen) atoms. The number of aryl methyl sites for hydroxylation is 2. The molecule has 0 radical (unpaired) electrons. The van der Waals surface area contributed by atoms with Crippen molar-refractivity contribution in [1.82, 2.24) is 0 Å². The lowest BCUT2D eigenvalue weighted by Gasteiger charge is -2.26. The molecule has 0 aliphatic heterocycles. The first kappa shape index (κ1) is 27.3. The molecule has 2 heteroatoms. The highest BCUT2D eigenvalue weighted by Gasteiger charge is 2.24. The fraction of sp³-hybridized carbons (Fsp3) is 0.613. The zero-order valence-corrected chi connectivity index (χ0v) is 22.0. The van der Waals surface area contributed by atoms with Gasteiger partial charge in [-0.2, -0.15) is 0 Å². The van der Waals surface area contributed by atoms with Crippen LogP contribution in [0.25, 0.3) is 0 Å². The number of rotatable bonds is 15. The van der Waals surface area contributed by atoms with Gasteiger partial charge < -0.3 is 10.2 Å². The number of hydrogen-bond donors (Lipinski definition) is 2. The highest BCUT2D eigenvalue weighted by atomic mass is 16.3. The Labute approximate surface area is 203 Å². The Morgan fingerprint density at radius 3 is 1.24 bits per heavy atom. The summed E-state index contributed by atoms with van der Waals surface area (Å²) in [5.41, 5.74) is 6.95. The van der Waals surface area contributed by atoms with Crippen molar-refractivity contribution in [3.05, 3.63) is 57.6 Å². The first-order valence-electron chi connectivity index (χ1n) is 13.7. The van der Waals surface area contributed by atoms with Gasteiger partial charge in [0.1, 0.15) is 11.5 Å². The Bertz CT molecular complexity index is 783. The second kappa shape index (κ2) is 14.3. The van der Waals surface area contributed by atoms with Crippen molar-refractivity contribution in [3.63, 3.8) is 0 Å².